The molecule has 3 aromatic rings. The molecule has 4 N–H and O–H groups in total. The minimum absolute atomic E-state index is 0.0599. The predicted octanol–water partition coefficient (Wildman–Crippen LogP) is 1.66. The van der Waals surface area contributed by atoms with Crippen molar-refractivity contribution in [3.05, 3.63) is 53.9 Å². The molecule has 0 radical (unpaired) electrons. The van der Waals surface area contributed by atoms with Gasteiger partial charge in [0.15, 0.2) is 5.65 Å². The van der Waals surface area contributed by atoms with Gasteiger partial charge >= 0.3 is 0 Å². The Kier molecular flexibility index (Phi) is 4.40. The first kappa shape index (κ1) is 16.7. The molecule has 7 heteroatoms. The lowest BCUT2D eigenvalue weighted by Gasteiger charge is -2.16. The number of amides is 1. The molecule has 1 saturated heterocycles. The summed E-state index contributed by atoms with van der Waals surface area (Å²) in [5.74, 6) is -0.296. The lowest BCUT2D eigenvalue weighted by molar-refractivity contribution is -0.119. The molecule has 3 heterocycles. The van der Waals surface area contributed by atoms with E-state index in [0.29, 0.717) is 24.4 Å². The summed E-state index contributed by atoms with van der Waals surface area (Å²) in [5, 5.41) is 10.9. The molecular formula is C19H22N6O. The van der Waals surface area contributed by atoms with Crippen LogP contribution in [0.15, 0.2) is 42.6 Å². The highest BCUT2D eigenvalue weighted by molar-refractivity contribution is 5.95. The summed E-state index contributed by atoms with van der Waals surface area (Å²) in [6, 6.07) is 11.9. The number of hydrogen-bond acceptors (Lipinski definition) is 5. The maximum atomic E-state index is 12.7. The largest absolute Gasteiger partial charge is 0.326 e. The topological polar surface area (TPSA) is 99.9 Å². The summed E-state index contributed by atoms with van der Waals surface area (Å²) < 4.78 is 0. The molecule has 2 unspecified atom stereocenters. The first-order valence-corrected chi connectivity index (χ1v) is 8.73. The molecule has 2 atom stereocenters. The number of nitrogens with two attached hydrogens (primary N) is 1. The number of carbonyl (C=O) groups is 1. The second-order valence-electron chi connectivity index (χ2n) is 6.88. The fourth-order valence-corrected chi connectivity index (χ4v) is 3.48. The van der Waals surface area contributed by atoms with E-state index in [4.69, 9.17) is 5.73 Å². The van der Waals surface area contributed by atoms with Crippen LogP contribution < -0.4 is 11.1 Å². The van der Waals surface area contributed by atoms with E-state index >= 15 is 0 Å². The van der Waals surface area contributed by atoms with Gasteiger partial charge in [-0.2, -0.15) is 5.10 Å². The fourth-order valence-electron chi connectivity index (χ4n) is 3.48. The number of fused-ring (bicyclic) bond motifs is 1. The number of rotatable bonds is 4. The summed E-state index contributed by atoms with van der Waals surface area (Å²) >= 11 is 0. The van der Waals surface area contributed by atoms with Crippen LogP contribution in [0.3, 0.4) is 0 Å². The molecule has 134 valence electrons. The number of aromatic amines is 1. The third-order valence-electron chi connectivity index (χ3n) is 4.89. The van der Waals surface area contributed by atoms with E-state index in [-0.39, 0.29) is 17.9 Å². The minimum Gasteiger partial charge on any atom is -0.326 e. The third-order valence-corrected chi connectivity index (χ3v) is 4.89. The van der Waals surface area contributed by atoms with Crippen molar-refractivity contribution in [2.24, 2.45) is 11.7 Å². The summed E-state index contributed by atoms with van der Waals surface area (Å²) in [4.78, 5) is 19.2. The van der Waals surface area contributed by atoms with Gasteiger partial charge in [0.05, 0.1) is 17.8 Å². The van der Waals surface area contributed by atoms with E-state index in [0.717, 1.165) is 17.6 Å². The second-order valence-corrected chi connectivity index (χ2v) is 6.88. The van der Waals surface area contributed by atoms with Crippen LogP contribution in [0.5, 0.6) is 0 Å². The second kappa shape index (κ2) is 6.86. The highest BCUT2D eigenvalue weighted by Gasteiger charge is 2.35. The molecule has 0 aliphatic carbocycles. The number of likely N-dealkylation sites (tertiary alicyclic amines) is 1. The van der Waals surface area contributed by atoms with Crippen molar-refractivity contribution in [1.29, 1.82) is 0 Å². The molecule has 1 aromatic carbocycles. The Balaban J connectivity index is 1.43. The molecule has 1 amide bonds. The fraction of sp³-hybridized carbons (Fsp3) is 0.316. The lowest BCUT2D eigenvalue weighted by Crippen LogP contribution is -2.37. The maximum absolute atomic E-state index is 12.7. The molecule has 1 aliphatic heterocycles. The molecule has 0 spiro atoms. The quantitative estimate of drug-likeness (QED) is 0.664. The smallest absolute Gasteiger partial charge is 0.230 e. The maximum Gasteiger partial charge on any atom is 0.230 e. The number of anilines is 1. The van der Waals surface area contributed by atoms with Crippen LogP contribution in [0.4, 0.5) is 5.69 Å². The average Bonchev–Trinajstić information content (AvgIpc) is 3.19. The van der Waals surface area contributed by atoms with Gasteiger partial charge in [0.25, 0.3) is 0 Å². The Labute approximate surface area is 151 Å². The highest BCUT2D eigenvalue weighted by Crippen LogP contribution is 2.22. The number of benzene rings is 1. The van der Waals surface area contributed by atoms with E-state index < -0.39 is 0 Å². The Morgan fingerprint density at radius 1 is 1.35 bits per heavy atom. The highest BCUT2D eigenvalue weighted by atomic mass is 16.2. The summed E-state index contributed by atoms with van der Waals surface area (Å²) in [5.41, 5.74) is 9.71. The zero-order chi connectivity index (χ0) is 18.1. The van der Waals surface area contributed by atoms with E-state index in [1.807, 2.05) is 31.2 Å². The number of pyridine rings is 1. The Morgan fingerprint density at radius 3 is 2.96 bits per heavy atom. The van der Waals surface area contributed by atoms with Crippen molar-refractivity contribution >= 4 is 22.6 Å². The van der Waals surface area contributed by atoms with E-state index in [2.05, 4.69) is 37.5 Å². The van der Waals surface area contributed by atoms with Crippen LogP contribution in [-0.2, 0) is 11.3 Å². The van der Waals surface area contributed by atoms with Crippen molar-refractivity contribution in [2.45, 2.75) is 19.5 Å². The van der Waals surface area contributed by atoms with Gasteiger partial charge in [0, 0.05) is 36.8 Å². The molecule has 7 nitrogen and oxygen atoms in total. The van der Waals surface area contributed by atoms with Crippen LogP contribution in [0.2, 0.25) is 0 Å². The van der Waals surface area contributed by atoms with Crippen LogP contribution in [0, 0.1) is 12.8 Å². The van der Waals surface area contributed by atoms with Crippen molar-refractivity contribution in [3.8, 4) is 0 Å². The van der Waals surface area contributed by atoms with E-state index in [9.17, 15) is 4.79 Å². The molecule has 0 bridgehead atoms. The average molecular weight is 350 g/mol. The van der Waals surface area contributed by atoms with Gasteiger partial charge < -0.3 is 11.1 Å². The first-order chi connectivity index (χ1) is 12.6. The normalized spacial score (nSPS) is 20.5. The van der Waals surface area contributed by atoms with Crippen molar-refractivity contribution in [2.75, 3.05) is 18.4 Å². The first-order valence-electron chi connectivity index (χ1n) is 8.73. The molecule has 4 rings (SSSR count). The van der Waals surface area contributed by atoms with Crippen LogP contribution >= 0.6 is 0 Å². The van der Waals surface area contributed by atoms with Gasteiger partial charge in [-0.25, -0.2) is 4.98 Å². The Morgan fingerprint density at radius 2 is 2.15 bits per heavy atom. The van der Waals surface area contributed by atoms with Crippen molar-refractivity contribution in [1.82, 2.24) is 20.1 Å². The zero-order valence-corrected chi connectivity index (χ0v) is 14.6. The van der Waals surface area contributed by atoms with Crippen molar-refractivity contribution < 1.29 is 4.79 Å². The number of nitrogens with zero attached hydrogens (tertiary/aromatic N) is 3. The molecule has 1 aliphatic rings. The number of nitrogens with one attached hydrogen (secondary N) is 2. The number of aromatic nitrogens is 3. The molecule has 1 fully saturated rings. The monoisotopic (exact) mass is 350 g/mol. The number of hydrogen-bond donors (Lipinski definition) is 3. The van der Waals surface area contributed by atoms with Gasteiger partial charge in [-0.1, -0.05) is 30.3 Å². The molecule has 26 heavy (non-hydrogen) atoms. The van der Waals surface area contributed by atoms with Crippen LogP contribution in [0.25, 0.3) is 11.0 Å². The van der Waals surface area contributed by atoms with Gasteiger partial charge in [-0.05, 0) is 18.6 Å². The minimum atomic E-state index is -0.236. The Hall–Kier alpha value is -2.77. The molecule has 0 saturated carbocycles. The Bertz CT molecular complexity index is 922. The van der Waals surface area contributed by atoms with Crippen LogP contribution in [0.1, 0.15) is 11.3 Å². The number of aryl methyl sites for hydroxylation is 1. The van der Waals surface area contributed by atoms with E-state index in [1.54, 1.807) is 6.20 Å². The van der Waals surface area contributed by atoms with Gasteiger partial charge in [-0.15, -0.1) is 0 Å². The molecule has 2 aromatic heterocycles. The summed E-state index contributed by atoms with van der Waals surface area (Å²) in [6.45, 7) is 4.10. The number of carbonyl (C=O) groups excluding carboxylic acids is 1. The third kappa shape index (κ3) is 3.31. The van der Waals surface area contributed by atoms with Crippen LogP contribution in [-0.4, -0.2) is 45.1 Å². The standard InChI is InChI=1S/C19H22N6O/c1-12-15-7-14(8-21-18(15)24-23-12)22-19(26)16-10-25(11-17(16)20)9-13-5-3-2-4-6-13/h2-8,16-17H,9-11,20H2,1H3,(H,22,26)(H,21,23,24). The summed E-state index contributed by atoms with van der Waals surface area (Å²) in [6.07, 6.45) is 1.63. The number of H-pyrrole nitrogens is 1. The summed E-state index contributed by atoms with van der Waals surface area (Å²) in [7, 11) is 0. The van der Waals surface area contributed by atoms with E-state index in [1.165, 1.54) is 5.56 Å². The zero-order valence-electron chi connectivity index (χ0n) is 14.6. The van der Waals surface area contributed by atoms with Crippen molar-refractivity contribution in [3.63, 3.8) is 0 Å². The van der Waals surface area contributed by atoms with Gasteiger partial charge in [0.2, 0.25) is 5.91 Å². The van der Waals surface area contributed by atoms with Gasteiger partial charge in [0.1, 0.15) is 0 Å². The van der Waals surface area contributed by atoms with Gasteiger partial charge in [-0.3, -0.25) is 14.8 Å². The predicted molar refractivity (Wildman–Crippen MR) is 100 cm³/mol. The lowest BCUT2D eigenvalue weighted by atomic mass is 10.0. The SMILES string of the molecule is Cc1[nH]nc2ncc(NC(=O)C3CN(Cc4ccccc4)CC3N)cc12. The molecular weight excluding hydrogens is 328 g/mol.